The van der Waals surface area contributed by atoms with Crippen LogP contribution in [0.3, 0.4) is 0 Å². The quantitative estimate of drug-likeness (QED) is 0.790. The first-order valence-electron chi connectivity index (χ1n) is 4.19. The van der Waals surface area contributed by atoms with Crippen LogP contribution in [0.25, 0.3) is 0 Å². The van der Waals surface area contributed by atoms with Gasteiger partial charge < -0.3 is 5.11 Å². The first kappa shape index (κ1) is 11.4. The van der Waals surface area contributed by atoms with Crippen molar-refractivity contribution in [2.45, 2.75) is 18.9 Å². The van der Waals surface area contributed by atoms with E-state index in [2.05, 4.69) is 5.92 Å². The van der Waals surface area contributed by atoms with Crippen LogP contribution >= 0.6 is 23.2 Å². The van der Waals surface area contributed by atoms with Crippen LogP contribution in [0.4, 0.5) is 0 Å². The van der Waals surface area contributed by atoms with Gasteiger partial charge in [-0.2, -0.15) is 0 Å². The summed E-state index contributed by atoms with van der Waals surface area (Å²) in [5.41, 5.74) is 0.749. The minimum Gasteiger partial charge on any atom is -0.392 e. The van der Waals surface area contributed by atoms with E-state index in [0.717, 1.165) is 5.56 Å². The molecule has 0 spiro atoms. The van der Waals surface area contributed by atoms with Gasteiger partial charge in [0.1, 0.15) is 0 Å². The topological polar surface area (TPSA) is 20.2 Å². The van der Waals surface area contributed by atoms with Crippen LogP contribution in [0.15, 0.2) is 18.2 Å². The molecular weight excluding hydrogens is 219 g/mol. The van der Waals surface area contributed by atoms with Gasteiger partial charge in [-0.15, -0.1) is 12.3 Å². The van der Waals surface area contributed by atoms with E-state index in [4.69, 9.17) is 29.6 Å². The smallest absolute Gasteiger partial charge is 0.0690 e. The minimum atomic E-state index is -0.586. The van der Waals surface area contributed by atoms with Crippen LogP contribution in [0.2, 0.25) is 10.0 Å². The summed E-state index contributed by atoms with van der Waals surface area (Å²) in [6.45, 7) is 0. The molecule has 0 saturated carbocycles. The Morgan fingerprint density at radius 3 is 2.43 bits per heavy atom. The van der Waals surface area contributed by atoms with Crippen molar-refractivity contribution < 1.29 is 5.11 Å². The van der Waals surface area contributed by atoms with Crippen LogP contribution < -0.4 is 0 Å². The molecule has 1 aromatic rings. The molecule has 3 heteroatoms. The summed E-state index contributed by atoms with van der Waals surface area (Å²) in [6, 6.07) is 5.25. The molecule has 74 valence electrons. The second-order valence-corrected chi connectivity index (χ2v) is 3.78. The van der Waals surface area contributed by atoms with Gasteiger partial charge in [0.15, 0.2) is 0 Å². The zero-order valence-corrected chi connectivity index (χ0v) is 9.02. The zero-order valence-electron chi connectivity index (χ0n) is 7.50. The molecular formula is C11H10Cl2O. The molecule has 1 aromatic carbocycles. The largest absolute Gasteiger partial charge is 0.392 e. The third-order valence-corrected chi connectivity index (χ3v) is 2.56. The number of terminal acetylenes is 1. The minimum absolute atomic E-state index is 0.307. The van der Waals surface area contributed by atoms with E-state index >= 15 is 0 Å². The van der Waals surface area contributed by atoms with Crippen LogP contribution in [0.1, 0.15) is 12.0 Å². The number of hydrogen-bond acceptors (Lipinski definition) is 1. The summed E-state index contributed by atoms with van der Waals surface area (Å²) >= 11 is 11.9. The average molecular weight is 229 g/mol. The molecule has 14 heavy (non-hydrogen) atoms. The van der Waals surface area contributed by atoms with Gasteiger partial charge in [0.2, 0.25) is 0 Å². The van der Waals surface area contributed by atoms with Crippen LogP contribution in [0, 0.1) is 12.3 Å². The molecule has 0 heterocycles. The molecule has 1 N–H and O–H groups in total. The zero-order chi connectivity index (χ0) is 10.6. The molecule has 0 aromatic heterocycles. The molecule has 0 aliphatic carbocycles. The van der Waals surface area contributed by atoms with Crippen molar-refractivity contribution in [3.8, 4) is 12.3 Å². The number of hydrogen-bond donors (Lipinski definition) is 1. The number of halogens is 2. The third-order valence-electron chi connectivity index (χ3n) is 1.85. The lowest BCUT2D eigenvalue weighted by atomic mass is 10.1. The maximum Gasteiger partial charge on any atom is 0.0690 e. The Bertz CT molecular complexity index is 335. The highest BCUT2D eigenvalue weighted by atomic mass is 35.5. The second kappa shape index (κ2) is 5.26. The average Bonchev–Trinajstić information content (AvgIpc) is 2.12. The second-order valence-electron chi connectivity index (χ2n) is 2.97. The molecule has 0 saturated heterocycles. The Balaban J connectivity index is 2.81. The van der Waals surface area contributed by atoms with Crippen molar-refractivity contribution in [1.29, 1.82) is 0 Å². The first-order valence-corrected chi connectivity index (χ1v) is 4.95. The monoisotopic (exact) mass is 228 g/mol. The molecule has 1 unspecified atom stereocenters. The lowest BCUT2D eigenvalue weighted by Gasteiger charge is -2.10. The van der Waals surface area contributed by atoms with Crippen molar-refractivity contribution in [3.63, 3.8) is 0 Å². The van der Waals surface area contributed by atoms with E-state index in [0.29, 0.717) is 22.9 Å². The van der Waals surface area contributed by atoms with Gasteiger partial charge in [0, 0.05) is 22.9 Å². The van der Waals surface area contributed by atoms with Crippen LogP contribution in [0.5, 0.6) is 0 Å². The maximum absolute atomic E-state index is 9.49. The fraction of sp³-hybridized carbons (Fsp3) is 0.273. The van der Waals surface area contributed by atoms with Crippen molar-refractivity contribution in [2.24, 2.45) is 0 Å². The highest BCUT2D eigenvalue weighted by molar-refractivity contribution is 6.35. The molecule has 0 aliphatic heterocycles. The Morgan fingerprint density at radius 1 is 1.36 bits per heavy atom. The van der Waals surface area contributed by atoms with Crippen molar-refractivity contribution in [1.82, 2.24) is 0 Å². The maximum atomic E-state index is 9.49. The van der Waals surface area contributed by atoms with E-state index in [-0.39, 0.29) is 0 Å². The molecule has 1 nitrogen and oxygen atoms in total. The summed E-state index contributed by atoms with van der Waals surface area (Å²) in [5.74, 6) is 2.39. The normalized spacial score (nSPS) is 12.1. The van der Waals surface area contributed by atoms with Gasteiger partial charge in [0.05, 0.1) is 6.10 Å². The highest BCUT2D eigenvalue weighted by Gasteiger charge is 2.10. The Kier molecular flexibility index (Phi) is 4.28. The van der Waals surface area contributed by atoms with Crippen molar-refractivity contribution in [2.75, 3.05) is 0 Å². The number of rotatable bonds is 3. The molecule has 1 rings (SSSR count). The molecule has 0 bridgehead atoms. The van der Waals surface area contributed by atoms with Gasteiger partial charge in [-0.05, 0) is 17.7 Å². The SMILES string of the molecule is C#CCC(O)Cc1c(Cl)cccc1Cl. The molecule has 0 amide bonds. The van der Waals surface area contributed by atoms with E-state index in [1.807, 2.05) is 0 Å². The summed E-state index contributed by atoms with van der Waals surface area (Å²) < 4.78 is 0. The standard InChI is InChI=1S/C11H10Cl2O/c1-2-4-8(14)7-9-10(12)5-3-6-11(9)13/h1,3,5-6,8,14H,4,7H2. The lowest BCUT2D eigenvalue weighted by Crippen LogP contribution is -2.09. The fourth-order valence-electron chi connectivity index (χ4n) is 1.17. The Labute approximate surface area is 93.7 Å². The third kappa shape index (κ3) is 2.92. The van der Waals surface area contributed by atoms with Crippen LogP contribution in [-0.4, -0.2) is 11.2 Å². The fourth-order valence-corrected chi connectivity index (χ4v) is 1.72. The summed E-state index contributed by atoms with van der Waals surface area (Å²) in [4.78, 5) is 0. The molecule has 0 aliphatic rings. The summed E-state index contributed by atoms with van der Waals surface area (Å²) in [7, 11) is 0. The summed E-state index contributed by atoms with van der Waals surface area (Å²) in [5, 5.41) is 10.6. The number of benzene rings is 1. The summed E-state index contributed by atoms with van der Waals surface area (Å²) in [6.07, 6.45) is 5.20. The van der Waals surface area contributed by atoms with Gasteiger partial charge >= 0.3 is 0 Å². The molecule has 0 radical (unpaired) electrons. The van der Waals surface area contributed by atoms with Crippen molar-refractivity contribution >= 4 is 23.2 Å². The van der Waals surface area contributed by atoms with E-state index in [9.17, 15) is 5.11 Å². The van der Waals surface area contributed by atoms with Gasteiger partial charge in [-0.1, -0.05) is 29.3 Å². The lowest BCUT2D eigenvalue weighted by molar-refractivity contribution is 0.181. The van der Waals surface area contributed by atoms with Crippen LogP contribution in [-0.2, 0) is 6.42 Å². The Morgan fingerprint density at radius 2 is 1.93 bits per heavy atom. The number of aliphatic hydroxyl groups is 1. The highest BCUT2D eigenvalue weighted by Crippen LogP contribution is 2.25. The van der Waals surface area contributed by atoms with Gasteiger partial charge in [-0.25, -0.2) is 0 Å². The van der Waals surface area contributed by atoms with E-state index in [1.54, 1.807) is 18.2 Å². The molecule has 1 atom stereocenters. The predicted molar refractivity (Wildman–Crippen MR) is 59.6 cm³/mol. The molecule has 0 fully saturated rings. The Hall–Kier alpha value is -0.680. The number of aliphatic hydroxyl groups excluding tert-OH is 1. The van der Waals surface area contributed by atoms with Gasteiger partial charge in [-0.3, -0.25) is 0 Å². The van der Waals surface area contributed by atoms with Gasteiger partial charge in [0.25, 0.3) is 0 Å². The predicted octanol–water partition coefficient (Wildman–Crippen LogP) is 2.92. The van der Waals surface area contributed by atoms with E-state index in [1.165, 1.54) is 0 Å². The van der Waals surface area contributed by atoms with Crippen molar-refractivity contribution in [3.05, 3.63) is 33.8 Å². The van der Waals surface area contributed by atoms with E-state index < -0.39 is 6.10 Å². The first-order chi connectivity index (χ1) is 6.65.